The van der Waals surface area contributed by atoms with Gasteiger partial charge in [0.25, 0.3) is 9.84 Å². The second-order valence-corrected chi connectivity index (χ2v) is 8.11. The minimum absolute atomic E-state index is 8.33. The first-order valence-electron chi connectivity index (χ1n) is 6.90. The van der Waals surface area contributed by atoms with Gasteiger partial charge in [-0.15, -0.1) is 0 Å². The van der Waals surface area contributed by atoms with Crippen molar-refractivity contribution in [3.63, 3.8) is 0 Å². The fraction of sp³-hybridized carbons (Fsp3) is 1.00. The van der Waals surface area contributed by atoms with Crippen molar-refractivity contribution in [3.05, 3.63) is 0 Å². The molecule has 0 N–H and O–H groups in total. The molecule has 0 aliphatic rings. The number of hydrogen-bond acceptors (Lipinski definition) is 2. The van der Waals surface area contributed by atoms with Gasteiger partial charge in [0.05, 0.1) is 0 Å². The molecular weight excluding hydrogens is 602 g/mol. The highest BCUT2D eigenvalue weighted by Gasteiger charge is 3.00. The van der Waals surface area contributed by atoms with Gasteiger partial charge in [-0.05, 0) is 0 Å². The molecule has 0 aromatic carbocycles. The average Bonchev–Trinajstić information content (AvgIpc) is 2.55. The Morgan fingerprint density at radius 3 is 0.571 bits per heavy atom. The van der Waals surface area contributed by atoms with Gasteiger partial charge in [0.1, 0.15) is 0 Å². The Bertz CT molecular complexity index is 832. The van der Waals surface area contributed by atoms with Crippen LogP contribution < -0.4 is 0 Å². The standard InChI is InChI=1S/C10F22O2S/c11-1(12,3(15,16)7(21,22)23)5(19,9(27,28)29)35(33,34)6(20,10(30,31)32)2(13,14)4(17,18)8(24,25)26. The molecule has 0 aromatic heterocycles. The van der Waals surface area contributed by atoms with Crippen LogP contribution in [0.3, 0.4) is 0 Å². The number of alkyl halides is 22. The predicted octanol–water partition coefficient (Wildman–Crippen LogP) is 6.52. The molecule has 2 atom stereocenters. The third-order valence-electron chi connectivity index (χ3n) is 3.78. The van der Waals surface area contributed by atoms with Gasteiger partial charge in [0.2, 0.25) is 0 Å². The van der Waals surface area contributed by atoms with Crippen LogP contribution in [-0.2, 0) is 9.84 Å². The van der Waals surface area contributed by atoms with E-state index in [0.717, 1.165) is 0 Å². The second kappa shape index (κ2) is 7.71. The van der Waals surface area contributed by atoms with E-state index in [4.69, 9.17) is 0 Å². The predicted molar refractivity (Wildman–Crippen MR) is 60.6 cm³/mol. The Morgan fingerprint density at radius 1 is 0.286 bits per heavy atom. The van der Waals surface area contributed by atoms with E-state index in [2.05, 4.69) is 0 Å². The van der Waals surface area contributed by atoms with Gasteiger partial charge in [0.15, 0.2) is 0 Å². The lowest BCUT2D eigenvalue weighted by atomic mass is 10.0. The molecule has 0 bridgehead atoms. The molecule has 0 rings (SSSR count). The molecule has 25 heteroatoms. The van der Waals surface area contributed by atoms with Crippen molar-refractivity contribution in [1.29, 1.82) is 0 Å². The Kier molecular flexibility index (Phi) is 7.36. The van der Waals surface area contributed by atoms with Crippen LogP contribution in [0, 0.1) is 0 Å². The Hall–Kier alpha value is -1.59. The number of sulfone groups is 1. The maximum absolute atomic E-state index is 14.1. The van der Waals surface area contributed by atoms with Crippen LogP contribution in [0.25, 0.3) is 0 Å². The van der Waals surface area contributed by atoms with E-state index in [1.807, 2.05) is 0 Å². The zero-order valence-electron chi connectivity index (χ0n) is 14.5. The van der Waals surface area contributed by atoms with Crippen LogP contribution >= 0.6 is 0 Å². The van der Waals surface area contributed by atoms with E-state index in [1.165, 1.54) is 0 Å². The maximum Gasteiger partial charge on any atom is 0.460 e. The molecule has 0 saturated heterocycles. The summed E-state index contributed by atoms with van der Waals surface area (Å²) in [7, 11) is -10.8. The minimum atomic E-state index is -10.8. The quantitative estimate of drug-likeness (QED) is 0.325. The molecule has 0 heterocycles. The van der Waals surface area contributed by atoms with Crippen LogP contribution in [0.5, 0.6) is 0 Å². The highest BCUT2D eigenvalue weighted by molar-refractivity contribution is 7.94. The van der Waals surface area contributed by atoms with Gasteiger partial charge in [-0.1, -0.05) is 0 Å². The lowest BCUT2D eigenvalue weighted by Gasteiger charge is -2.44. The second-order valence-electron chi connectivity index (χ2n) is 5.98. The summed E-state index contributed by atoms with van der Waals surface area (Å²) in [5.74, 6) is -36.5. The van der Waals surface area contributed by atoms with Crippen LogP contribution in [-0.4, -0.2) is 66.8 Å². The summed E-state index contributed by atoms with van der Waals surface area (Å²) in [6.07, 6.45) is -34.6. The van der Waals surface area contributed by atoms with Gasteiger partial charge in [-0.25, -0.2) is 17.2 Å². The molecule has 0 aliphatic carbocycles. The zero-order valence-corrected chi connectivity index (χ0v) is 15.4. The van der Waals surface area contributed by atoms with Crippen LogP contribution in [0.4, 0.5) is 96.6 Å². The molecule has 0 saturated carbocycles. The summed E-state index contributed by atoms with van der Waals surface area (Å²) in [6.45, 7) is 0. The summed E-state index contributed by atoms with van der Waals surface area (Å²) in [5.41, 5.74) is 0. The van der Waals surface area contributed by atoms with Gasteiger partial charge in [-0.2, -0.15) is 87.8 Å². The largest absolute Gasteiger partial charge is 0.460 e. The summed E-state index contributed by atoms with van der Waals surface area (Å²) in [5, 5.41) is -19.2. The molecule has 0 spiro atoms. The van der Waals surface area contributed by atoms with Crippen molar-refractivity contribution in [1.82, 2.24) is 0 Å². The lowest BCUT2D eigenvalue weighted by Crippen LogP contribution is -2.79. The summed E-state index contributed by atoms with van der Waals surface area (Å²) in [6, 6.07) is 0. The molecule has 0 amide bonds. The highest BCUT2D eigenvalue weighted by atomic mass is 32.2. The molecule has 35 heavy (non-hydrogen) atoms. The highest BCUT2D eigenvalue weighted by Crippen LogP contribution is 2.66. The van der Waals surface area contributed by atoms with Gasteiger partial charge >= 0.3 is 58.4 Å². The van der Waals surface area contributed by atoms with Crippen molar-refractivity contribution >= 4 is 9.84 Å². The third-order valence-corrected chi connectivity index (χ3v) is 6.24. The first kappa shape index (κ1) is 33.4. The van der Waals surface area contributed by atoms with E-state index in [-0.39, 0.29) is 0 Å². The van der Waals surface area contributed by atoms with E-state index < -0.39 is 68.2 Å². The lowest BCUT2D eigenvalue weighted by molar-refractivity contribution is -0.403. The molecular formula is C10F22O2S. The van der Waals surface area contributed by atoms with Gasteiger partial charge in [0, 0.05) is 0 Å². The number of hydrogen-bond donors (Lipinski definition) is 0. The molecule has 2 nitrogen and oxygen atoms in total. The van der Waals surface area contributed by atoms with Crippen molar-refractivity contribution in [3.8, 4) is 0 Å². The first-order chi connectivity index (χ1) is 14.5. The maximum atomic E-state index is 14.1. The Labute approximate surface area is 174 Å². The van der Waals surface area contributed by atoms with Crippen LogP contribution in [0.15, 0.2) is 0 Å². The van der Waals surface area contributed by atoms with Crippen LogP contribution in [0.1, 0.15) is 0 Å². The van der Waals surface area contributed by atoms with Crippen molar-refractivity contribution in [2.75, 3.05) is 0 Å². The van der Waals surface area contributed by atoms with E-state index in [9.17, 15) is 105 Å². The van der Waals surface area contributed by atoms with E-state index in [1.54, 1.807) is 0 Å². The summed E-state index contributed by atoms with van der Waals surface area (Å²) < 4.78 is 305. The Morgan fingerprint density at radius 2 is 0.457 bits per heavy atom. The van der Waals surface area contributed by atoms with Gasteiger partial charge in [-0.3, -0.25) is 0 Å². The van der Waals surface area contributed by atoms with Gasteiger partial charge < -0.3 is 0 Å². The molecule has 0 radical (unpaired) electrons. The third kappa shape index (κ3) is 3.83. The molecule has 212 valence electrons. The van der Waals surface area contributed by atoms with E-state index in [0.29, 0.717) is 0 Å². The smallest absolute Gasteiger partial charge is 0.221 e. The van der Waals surface area contributed by atoms with Crippen molar-refractivity contribution in [2.45, 2.75) is 58.4 Å². The normalized spacial score (nSPS) is 19.8. The van der Waals surface area contributed by atoms with E-state index >= 15 is 0 Å². The van der Waals surface area contributed by atoms with Crippen molar-refractivity contribution < 1.29 is 105 Å². The molecule has 0 fully saturated rings. The molecule has 0 aliphatic heterocycles. The monoisotopic (exact) mass is 602 g/mol. The molecule has 2 unspecified atom stereocenters. The summed E-state index contributed by atoms with van der Waals surface area (Å²) >= 11 is 0. The minimum Gasteiger partial charge on any atom is -0.221 e. The Balaban J connectivity index is 8.17. The van der Waals surface area contributed by atoms with Crippen LogP contribution in [0.2, 0.25) is 0 Å². The average molecular weight is 602 g/mol. The number of rotatable bonds is 6. The van der Waals surface area contributed by atoms with Crippen molar-refractivity contribution in [2.24, 2.45) is 0 Å². The summed E-state index contributed by atoms with van der Waals surface area (Å²) in [4.78, 5) is 0. The zero-order chi connectivity index (χ0) is 29.5. The number of halogens is 22. The fourth-order valence-corrected chi connectivity index (χ4v) is 3.88. The fourth-order valence-electron chi connectivity index (χ4n) is 1.95. The first-order valence-corrected chi connectivity index (χ1v) is 8.38. The molecule has 0 aromatic rings. The topological polar surface area (TPSA) is 34.1 Å². The SMILES string of the molecule is O=S(=O)(C(F)(C(F)(F)F)C(F)(F)C(F)(F)C(F)(F)F)C(F)(C(F)(F)F)C(F)(F)C(F)(F)C(F)(F)F.